The number of nitriles is 1. The lowest BCUT2D eigenvalue weighted by atomic mass is 9.64. The highest BCUT2D eigenvalue weighted by atomic mass is 14.4. The summed E-state index contributed by atoms with van der Waals surface area (Å²) >= 11 is 0. The van der Waals surface area contributed by atoms with Crippen molar-refractivity contribution >= 4 is 0 Å². The highest BCUT2D eigenvalue weighted by Gasteiger charge is 2.37. The van der Waals surface area contributed by atoms with E-state index in [-0.39, 0.29) is 5.41 Å². The topological polar surface area (TPSA) is 23.8 Å². The van der Waals surface area contributed by atoms with E-state index < -0.39 is 0 Å². The van der Waals surface area contributed by atoms with Crippen LogP contribution in [0.5, 0.6) is 0 Å². The molecule has 2 fully saturated rings. The summed E-state index contributed by atoms with van der Waals surface area (Å²) < 4.78 is 0. The lowest BCUT2D eigenvalue weighted by molar-refractivity contribution is 0.118. The molecule has 0 aromatic rings. The molecule has 0 saturated heterocycles. The quantitative estimate of drug-likeness (QED) is 0.470. The van der Waals surface area contributed by atoms with E-state index in [4.69, 9.17) is 0 Å². The Labute approximate surface area is 138 Å². The molecule has 0 amide bonds. The fourth-order valence-electron chi connectivity index (χ4n) is 5.02. The predicted octanol–water partition coefficient (Wildman–Crippen LogP) is 6.87. The summed E-state index contributed by atoms with van der Waals surface area (Å²) in [7, 11) is 0. The first-order valence-electron chi connectivity index (χ1n) is 10.1. The summed E-state index contributed by atoms with van der Waals surface area (Å²) in [5.74, 6) is 2.96. The Balaban J connectivity index is 1.67. The van der Waals surface area contributed by atoms with Crippen molar-refractivity contribution in [3.8, 4) is 6.07 Å². The predicted molar refractivity (Wildman–Crippen MR) is 94.5 cm³/mol. The van der Waals surface area contributed by atoms with Crippen molar-refractivity contribution in [2.24, 2.45) is 23.2 Å². The van der Waals surface area contributed by atoms with Crippen LogP contribution in [0.1, 0.15) is 104 Å². The lowest BCUT2D eigenvalue weighted by Gasteiger charge is -2.40. The Bertz CT molecular complexity index is 337. The summed E-state index contributed by atoms with van der Waals surface area (Å²) in [6.45, 7) is 4.50. The van der Waals surface area contributed by atoms with E-state index in [1.54, 1.807) is 0 Å². The van der Waals surface area contributed by atoms with Crippen LogP contribution in [0.15, 0.2) is 0 Å². The van der Waals surface area contributed by atoms with Crippen LogP contribution in [0, 0.1) is 34.5 Å². The Morgan fingerprint density at radius 1 is 0.864 bits per heavy atom. The lowest BCUT2D eigenvalue weighted by Crippen LogP contribution is -2.30. The van der Waals surface area contributed by atoms with Crippen molar-refractivity contribution in [2.45, 2.75) is 104 Å². The smallest absolute Gasteiger partial charge is 0.0689 e. The van der Waals surface area contributed by atoms with Crippen molar-refractivity contribution in [3.63, 3.8) is 0 Å². The Hall–Kier alpha value is -0.510. The average molecular weight is 304 g/mol. The zero-order valence-electron chi connectivity index (χ0n) is 15.1. The first kappa shape index (κ1) is 17.8. The van der Waals surface area contributed by atoms with Crippen LogP contribution in [0.25, 0.3) is 0 Å². The normalized spacial score (nSPS) is 36.0. The number of hydrogen-bond acceptors (Lipinski definition) is 1. The van der Waals surface area contributed by atoms with E-state index in [2.05, 4.69) is 19.9 Å². The van der Waals surface area contributed by atoms with Gasteiger partial charge >= 0.3 is 0 Å². The van der Waals surface area contributed by atoms with Crippen LogP contribution in [0.3, 0.4) is 0 Å². The SMILES string of the molecule is CCCCCCC1CCC(C2CCC(C#N)(CC)CC2)CC1. The van der Waals surface area contributed by atoms with E-state index in [9.17, 15) is 5.26 Å². The molecular formula is C21H37N. The molecular weight excluding hydrogens is 266 g/mol. The van der Waals surface area contributed by atoms with Gasteiger partial charge in [0.2, 0.25) is 0 Å². The van der Waals surface area contributed by atoms with E-state index >= 15 is 0 Å². The first-order valence-corrected chi connectivity index (χ1v) is 10.1. The van der Waals surface area contributed by atoms with E-state index in [1.165, 1.54) is 83.5 Å². The molecule has 2 saturated carbocycles. The zero-order valence-corrected chi connectivity index (χ0v) is 15.1. The van der Waals surface area contributed by atoms with Crippen molar-refractivity contribution < 1.29 is 0 Å². The molecule has 0 aromatic carbocycles. The molecule has 22 heavy (non-hydrogen) atoms. The van der Waals surface area contributed by atoms with Gasteiger partial charge in [-0.05, 0) is 62.7 Å². The molecule has 2 aliphatic carbocycles. The number of nitrogens with zero attached hydrogens (tertiary/aromatic N) is 1. The third-order valence-electron chi connectivity index (χ3n) is 6.93. The largest absolute Gasteiger partial charge is 0.198 e. The Morgan fingerprint density at radius 2 is 1.50 bits per heavy atom. The zero-order chi connectivity index (χ0) is 15.8. The van der Waals surface area contributed by atoms with Crippen LogP contribution in [-0.2, 0) is 0 Å². The van der Waals surface area contributed by atoms with Gasteiger partial charge in [-0.3, -0.25) is 0 Å². The molecule has 0 unspecified atom stereocenters. The number of hydrogen-bond donors (Lipinski definition) is 0. The average Bonchev–Trinajstić information content (AvgIpc) is 2.59. The summed E-state index contributed by atoms with van der Waals surface area (Å²) in [6.07, 6.45) is 19.2. The molecule has 0 bridgehead atoms. The van der Waals surface area contributed by atoms with Gasteiger partial charge in [0.05, 0.1) is 11.5 Å². The van der Waals surface area contributed by atoms with Gasteiger partial charge in [-0.2, -0.15) is 5.26 Å². The monoisotopic (exact) mass is 303 g/mol. The van der Waals surface area contributed by atoms with Gasteiger partial charge in [0, 0.05) is 0 Å². The van der Waals surface area contributed by atoms with Gasteiger partial charge < -0.3 is 0 Å². The van der Waals surface area contributed by atoms with Crippen LogP contribution < -0.4 is 0 Å². The van der Waals surface area contributed by atoms with Crippen molar-refractivity contribution in [1.82, 2.24) is 0 Å². The second-order valence-corrected chi connectivity index (χ2v) is 8.21. The Morgan fingerprint density at radius 3 is 2.05 bits per heavy atom. The van der Waals surface area contributed by atoms with Crippen molar-refractivity contribution in [3.05, 3.63) is 0 Å². The second-order valence-electron chi connectivity index (χ2n) is 8.21. The van der Waals surface area contributed by atoms with E-state index in [0.717, 1.165) is 24.2 Å². The summed E-state index contributed by atoms with van der Waals surface area (Å²) in [4.78, 5) is 0. The summed E-state index contributed by atoms with van der Waals surface area (Å²) in [5.41, 5.74) is 0.0347. The maximum atomic E-state index is 9.44. The minimum atomic E-state index is 0.0347. The highest BCUT2D eigenvalue weighted by Crippen LogP contribution is 2.47. The van der Waals surface area contributed by atoms with Gasteiger partial charge in [0.1, 0.15) is 0 Å². The highest BCUT2D eigenvalue weighted by molar-refractivity contribution is 5.01. The standard InChI is InChI=1S/C21H37N/c1-3-5-6-7-8-18-9-11-19(12-10-18)20-13-15-21(4-2,17-22)16-14-20/h18-20H,3-16H2,1-2H3. The minimum absolute atomic E-state index is 0.0347. The first-order chi connectivity index (χ1) is 10.7. The third kappa shape index (κ3) is 4.74. The molecule has 0 aromatic heterocycles. The van der Waals surface area contributed by atoms with Crippen LogP contribution in [-0.4, -0.2) is 0 Å². The van der Waals surface area contributed by atoms with Crippen LogP contribution in [0.2, 0.25) is 0 Å². The molecule has 126 valence electrons. The van der Waals surface area contributed by atoms with Gasteiger partial charge in [-0.1, -0.05) is 58.8 Å². The number of rotatable bonds is 7. The molecule has 0 spiro atoms. The molecule has 0 atom stereocenters. The van der Waals surface area contributed by atoms with Crippen LogP contribution >= 0.6 is 0 Å². The fourth-order valence-corrected chi connectivity index (χ4v) is 5.02. The van der Waals surface area contributed by atoms with Gasteiger partial charge in [0.25, 0.3) is 0 Å². The maximum absolute atomic E-state index is 9.44. The van der Waals surface area contributed by atoms with Crippen LogP contribution in [0.4, 0.5) is 0 Å². The molecule has 1 nitrogen and oxygen atoms in total. The summed E-state index contributed by atoms with van der Waals surface area (Å²) in [5, 5.41) is 9.44. The number of unbranched alkanes of at least 4 members (excludes halogenated alkanes) is 3. The Kier molecular flexibility index (Phi) is 7.26. The molecule has 0 heterocycles. The van der Waals surface area contributed by atoms with E-state index in [0.29, 0.717) is 0 Å². The maximum Gasteiger partial charge on any atom is 0.0689 e. The van der Waals surface area contributed by atoms with E-state index in [1.807, 2.05) is 0 Å². The van der Waals surface area contributed by atoms with Crippen molar-refractivity contribution in [2.75, 3.05) is 0 Å². The molecule has 2 aliphatic rings. The molecule has 0 N–H and O–H groups in total. The van der Waals surface area contributed by atoms with Gasteiger partial charge in [0.15, 0.2) is 0 Å². The second kappa shape index (κ2) is 8.95. The molecule has 0 radical (unpaired) electrons. The van der Waals surface area contributed by atoms with Crippen molar-refractivity contribution in [1.29, 1.82) is 5.26 Å². The molecule has 1 heteroatoms. The molecule has 0 aliphatic heterocycles. The fraction of sp³-hybridized carbons (Fsp3) is 0.952. The third-order valence-corrected chi connectivity index (χ3v) is 6.93. The molecule has 2 rings (SSSR count). The minimum Gasteiger partial charge on any atom is -0.198 e. The van der Waals surface area contributed by atoms with Gasteiger partial charge in [-0.25, -0.2) is 0 Å². The summed E-state index contributed by atoms with van der Waals surface area (Å²) in [6, 6.07) is 2.63. The van der Waals surface area contributed by atoms with Gasteiger partial charge in [-0.15, -0.1) is 0 Å².